The number of hydrogen-bond acceptors (Lipinski definition) is 2. The summed E-state index contributed by atoms with van der Waals surface area (Å²) in [5.74, 6) is 0.776. The number of nitrogens with zero attached hydrogens (tertiary/aromatic N) is 2. The molecule has 0 aliphatic rings. The molecule has 0 N–H and O–H groups in total. The predicted molar refractivity (Wildman–Crippen MR) is 163 cm³/mol. The summed E-state index contributed by atoms with van der Waals surface area (Å²) in [6, 6.07) is 38.5. The number of pyridine rings is 1. The van der Waals surface area contributed by atoms with Gasteiger partial charge in [-0.1, -0.05) is 87.8 Å². The molecule has 0 aliphatic heterocycles. The zero-order valence-electron chi connectivity index (χ0n) is 22.4. The average Bonchev–Trinajstić information content (AvgIpc) is 2.94. The van der Waals surface area contributed by atoms with E-state index < -0.39 is 0 Å². The van der Waals surface area contributed by atoms with Crippen LogP contribution < -0.4 is 4.90 Å². The van der Waals surface area contributed by atoms with Crippen LogP contribution in [0.4, 0.5) is 17.1 Å². The first-order chi connectivity index (χ1) is 18.4. The van der Waals surface area contributed by atoms with Crippen LogP contribution in [-0.4, -0.2) is 4.98 Å². The molecule has 5 aromatic rings. The van der Waals surface area contributed by atoms with E-state index >= 15 is 0 Å². The molecular weight excluding hydrogens is 484 g/mol. The molecule has 1 aromatic heterocycles. The van der Waals surface area contributed by atoms with E-state index in [-0.39, 0.29) is 0 Å². The fourth-order valence-corrected chi connectivity index (χ4v) is 4.99. The highest BCUT2D eigenvalue weighted by Gasteiger charge is 2.18. The van der Waals surface area contributed by atoms with Crippen LogP contribution in [0.15, 0.2) is 115 Å². The van der Waals surface area contributed by atoms with Crippen LogP contribution in [0.5, 0.6) is 0 Å². The van der Waals surface area contributed by atoms with Crippen LogP contribution in [0.1, 0.15) is 50.7 Å². The first kappa shape index (κ1) is 25.8. The van der Waals surface area contributed by atoms with Gasteiger partial charge in [0.2, 0.25) is 0 Å². The molecule has 0 amide bonds. The summed E-state index contributed by atoms with van der Waals surface area (Å²) in [5, 5.41) is 0.736. The number of anilines is 3. The van der Waals surface area contributed by atoms with Crippen LogP contribution in [-0.2, 0) is 0 Å². The number of aromatic nitrogens is 1. The van der Waals surface area contributed by atoms with Gasteiger partial charge < -0.3 is 4.90 Å². The van der Waals surface area contributed by atoms with E-state index in [0.717, 1.165) is 44.5 Å². The lowest BCUT2D eigenvalue weighted by atomic mass is 9.98. The highest BCUT2D eigenvalue weighted by atomic mass is 35.5. The van der Waals surface area contributed by atoms with Gasteiger partial charge in [0.05, 0.1) is 5.69 Å². The number of halogens is 1. The van der Waals surface area contributed by atoms with E-state index in [1.54, 1.807) is 0 Å². The third kappa shape index (κ3) is 5.66. The summed E-state index contributed by atoms with van der Waals surface area (Å²) in [6.07, 6.45) is 1.85. The molecule has 0 saturated heterocycles. The molecule has 1 heterocycles. The highest BCUT2D eigenvalue weighted by molar-refractivity contribution is 6.31. The van der Waals surface area contributed by atoms with E-state index in [1.807, 2.05) is 18.3 Å². The van der Waals surface area contributed by atoms with Crippen molar-refractivity contribution in [2.75, 3.05) is 4.90 Å². The Morgan fingerprint density at radius 2 is 1.24 bits per heavy atom. The van der Waals surface area contributed by atoms with E-state index in [9.17, 15) is 0 Å². The van der Waals surface area contributed by atoms with Gasteiger partial charge in [-0.15, -0.1) is 0 Å². The third-order valence-corrected chi connectivity index (χ3v) is 7.09. The maximum Gasteiger partial charge on any atom is 0.0702 e. The van der Waals surface area contributed by atoms with Gasteiger partial charge in [0.15, 0.2) is 0 Å². The van der Waals surface area contributed by atoms with Crippen molar-refractivity contribution in [3.63, 3.8) is 0 Å². The van der Waals surface area contributed by atoms with E-state index in [2.05, 4.69) is 135 Å². The quantitative estimate of drug-likeness (QED) is 0.214. The van der Waals surface area contributed by atoms with E-state index in [1.165, 1.54) is 11.1 Å². The molecule has 0 unspecified atom stereocenters. The molecule has 2 nitrogen and oxygen atoms in total. The fraction of sp³-hybridized carbons (Fsp3) is 0.171. The molecule has 5 rings (SSSR count). The Hall–Kier alpha value is -3.88. The van der Waals surface area contributed by atoms with Crippen molar-refractivity contribution in [1.82, 2.24) is 4.98 Å². The summed E-state index contributed by atoms with van der Waals surface area (Å²) < 4.78 is 0. The second kappa shape index (κ2) is 11.2. The second-order valence-electron chi connectivity index (χ2n) is 10.3. The zero-order valence-corrected chi connectivity index (χ0v) is 23.2. The molecule has 3 heteroatoms. The molecule has 38 heavy (non-hydrogen) atoms. The highest BCUT2D eigenvalue weighted by Crippen LogP contribution is 2.41. The topological polar surface area (TPSA) is 16.1 Å². The maximum absolute atomic E-state index is 6.71. The summed E-state index contributed by atoms with van der Waals surface area (Å²) in [6.45, 7) is 8.87. The first-order valence-electron chi connectivity index (χ1n) is 13.2. The Morgan fingerprint density at radius 3 is 1.95 bits per heavy atom. The summed E-state index contributed by atoms with van der Waals surface area (Å²) in [5.41, 5.74) is 10.0. The zero-order chi connectivity index (χ0) is 26.6. The SMILES string of the molecule is CC(C)c1cccc(N(c2cc(-c3ccccc3)cc(-c3ccccn3)c2)c2cc(Cl)cc(C(C)C)c2)c1. The van der Waals surface area contributed by atoms with E-state index in [4.69, 9.17) is 11.6 Å². The van der Waals surface area contributed by atoms with Crippen molar-refractivity contribution < 1.29 is 0 Å². The van der Waals surface area contributed by atoms with Crippen LogP contribution in [0.2, 0.25) is 5.02 Å². The fourth-order valence-electron chi connectivity index (χ4n) is 4.75. The first-order valence-corrected chi connectivity index (χ1v) is 13.6. The molecule has 0 spiro atoms. The summed E-state index contributed by atoms with van der Waals surface area (Å²) >= 11 is 6.71. The third-order valence-electron chi connectivity index (χ3n) is 6.87. The van der Waals surface area contributed by atoms with Crippen molar-refractivity contribution in [3.05, 3.63) is 132 Å². The van der Waals surface area contributed by atoms with Crippen molar-refractivity contribution in [1.29, 1.82) is 0 Å². The minimum atomic E-state index is 0.357. The van der Waals surface area contributed by atoms with Crippen LogP contribution in [0.25, 0.3) is 22.4 Å². The molecule has 0 radical (unpaired) electrons. The Balaban J connectivity index is 1.79. The van der Waals surface area contributed by atoms with Gasteiger partial charge in [0.25, 0.3) is 0 Å². The largest absolute Gasteiger partial charge is 0.310 e. The van der Waals surface area contributed by atoms with Gasteiger partial charge in [-0.3, -0.25) is 4.98 Å². The normalized spacial score (nSPS) is 11.2. The van der Waals surface area contributed by atoms with Crippen LogP contribution in [0, 0.1) is 0 Å². The van der Waals surface area contributed by atoms with Crippen molar-refractivity contribution in [2.45, 2.75) is 39.5 Å². The molecular formula is C35H33ClN2. The lowest BCUT2D eigenvalue weighted by molar-refractivity contribution is 0.864. The van der Waals surface area contributed by atoms with Gasteiger partial charge >= 0.3 is 0 Å². The van der Waals surface area contributed by atoms with Crippen LogP contribution >= 0.6 is 11.6 Å². The molecule has 0 fully saturated rings. The molecule has 190 valence electrons. The van der Waals surface area contributed by atoms with Gasteiger partial charge in [-0.2, -0.15) is 0 Å². The Labute approximate surface area is 231 Å². The van der Waals surface area contributed by atoms with Crippen molar-refractivity contribution >= 4 is 28.7 Å². The van der Waals surface area contributed by atoms with Gasteiger partial charge in [0, 0.05) is 33.8 Å². The summed E-state index contributed by atoms with van der Waals surface area (Å²) in [4.78, 5) is 7.00. The Kier molecular flexibility index (Phi) is 7.62. The van der Waals surface area contributed by atoms with E-state index in [0.29, 0.717) is 11.8 Å². The number of benzene rings is 4. The van der Waals surface area contributed by atoms with Gasteiger partial charge in [0.1, 0.15) is 0 Å². The lowest BCUT2D eigenvalue weighted by Crippen LogP contribution is -2.11. The Morgan fingerprint density at radius 1 is 0.553 bits per heavy atom. The van der Waals surface area contributed by atoms with Crippen molar-refractivity contribution in [2.24, 2.45) is 0 Å². The molecule has 4 aromatic carbocycles. The predicted octanol–water partition coefficient (Wildman–Crippen LogP) is 10.8. The van der Waals surface area contributed by atoms with Crippen molar-refractivity contribution in [3.8, 4) is 22.4 Å². The lowest BCUT2D eigenvalue weighted by Gasteiger charge is -2.28. The van der Waals surface area contributed by atoms with Gasteiger partial charge in [-0.05, 0) is 94.8 Å². The van der Waals surface area contributed by atoms with Gasteiger partial charge in [-0.25, -0.2) is 0 Å². The maximum atomic E-state index is 6.71. The molecule has 0 saturated carbocycles. The minimum Gasteiger partial charge on any atom is -0.310 e. The molecule has 0 aliphatic carbocycles. The second-order valence-corrected chi connectivity index (χ2v) is 10.8. The smallest absolute Gasteiger partial charge is 0.0702 e. The van der Waals surface area contributed by atoms with Crippen LogP contribution in [0.3, 0.4) is 0 Å². The minimum absolute atomic E-state index is 0.357. The monoisotopic (exact) mass is 516 g/mol. The Bertz CT molecular complexity index is 1470. The molecule has 0 atom stereocenters. The molecule has 0 bridgehead atoms. The number of rotatable bonds is 7. The summed E-state index contributed by atoms with van der Waals surface area (Å²) in [7, 11) is 0. The standard InChI is InChI=1S/C35H33ClN2/c1-24(2)27-13-10-14-32(19-27)38(34-20-28(25(3)4)18-31(36)23-34)33-21-29(26-11-6-5-7-12-26)17-30(22-33)35-15-8-9-16-37-35/h5-25H,1-4H3. The average molecular weight is 517 g/mol. The number of hydrogen-bond donors (Lipinski definition) is 0.